The number of carboxylic acid groups (broad SMARTS) is 1. The zero-order chi connectivity index (χ0) is 33.9. The van der Waals surface area contributed by atoms with Gasteiger partial charge in [-0.3, -0.25) is 9.69 Å². The highest BCUT2D eigenvalue weighted by Gasteiger charge is 2.49. The molecule has 0 radical (unpaired) electrons. The number of anilines is 2. The number of aromatic nitrogens is 2. The van der Waals surface area contributed by atoms with Gasteiger partial charge < -0.3 is 25.8 Å². The van der Waals surface area contributed by atoms with Gasteiger partial charge in [-0.15, -0.1) is 11.3 Å². The van der Waals surface area contributed by atoms with E-state index in [0.717, 1.165) is 49.6 Å². The number of benzene rings is 2. The number of nitrogens with one attached hydrogen (secondary N) is 1. The molecule has 2 aromatic carbocycles. The van der Waals surface area contributed by atoms with Crippen LogP contribution in [0.2, 0.25) is 5.02 Å². The summed E-state index contributed by atoms with van der Waals surface area (Å²) < 4.78 is 68.6. The van der Waals surface area contributed by atoms with Crippen LogP contribution in [0.3, 0.4) is 0 Å². The number of hydrogen-bond donors (Lipinski definition) is 3. The molecule has 2 aromatic heterocycles. The molecule has 48 heavy (non-hydrogen) atoms. The third-order valence-corrected chi connectivity index (χ3v) is 11.3. The summed E-state index contributed by atoms with van der Waals surface area (Å²) in [6, 6.07) is 4.46. The van der Waals surface area contributed by atoms with E-state index in [1.165, 1.54) is 6.07 Å². The van der Waals surface area contributed by atoms with E-state index < -0.39 is 39.7 Å². The molecule has 0 amide bonds. The molecule has 0 saturated carbocycles. The number of fused-ring (bicyclic) bond motifs is 5. The van der Waals surface area contributed by atoms with Crippen molar-refractivity contribution in [3.63, 3.8) is 0 Å². The molecule has 4 N–H and O–H groups in total. The minimum absolute atomic E-state index is 0.0000784. The molecule has 6 heterocycles. The van der Waals surface area contributed by atoms with Crippen LogP contribution >= 0.6 is 22.9 Å². The Kier molecular flexibility index (Phi) is 8.47. The highest BCUT2D eigenvalue weighted by Crippen LogP contribution is 2.47. The number of halogens is 5. The van der Waals surface area contributed by atoms with Gasteiger partial charge >= 0.3 is 6.01 Å². The fourth-order valence-corrected chi connectivity index (χ4v) is 9.10. The van der Waals surface area contributed by atoms with E-state index in [-0.39, 0.29) is 74.1 Å². The standard InChI is InChI=1S/C31H28ClF4N7OS.CH2O2/c32-23-22-26(25(36)21(24(23)35)17-4-5-19(34)27-20(17)18(9-37)28(38)45-27)40-30(41-29(22)42-11-15-2-3-16(12-42)39-15)44-13-31-6-1-7-43(31)10-14(33)8-31;2-1-3/h4-5,14-16,39H,1-3,6-8,10-13,38H2;1H,(H,2,3)/t14-,15?,16?,31+;/m1./s1. The summed E-state index contributed by atoms with van der Waals surface area (Å²) in [6.45, 7) is 2.07. The maximum atomic E-state index is 16.8. The molecule has 4 aliphatic rings. The van der Waals surface area contributed by atoms with Crippen LogP contribution in [0.15, 0.2) is 12.1 Å². The number of hydrogen-bond acceptors (Lipinski definition) is 10. The van der Waals surface area contributed by atoms with Crippen molar-refractivity contribution in [1.82, 2.24) is 20.2 Å². The number of thiophene rings is 1. The van der Waals surface area contributed by atoms with Crippen molar-refractivity contribution in [2.24, 2.45) is 0 Å². The van der Waals surface area contributed by atoms with E-state index in [0.29, 0.717) is 26.1 Å². The number of carbonyl (C=O) groups is 1. The first-order chi connectivity index (χ1) is 23.1. The molecule has 0 aliphatic carbocycles. The first-order valence-electron chi connectivity index (χ1n) is 15.5. The molecule has 16 heteroatoms. The minimum atomic E-state index is -1.08. The second-order valence-corrected chi connectivity index (χ2v) is 14.1. The van der Waals surface area contributed by atoms with Crippen LogP contribution in [-0.2, 0) is 4.79 Å². The van der Waals surface area contributed by atoms with Crippen molar-refractivity contribution < 1.29 is 32.2 Å². The monoisotopic (exact) mass is 703 g/mol. The largest absolute Gasteiger partial charge is 0.483 e. The Hall–Kier alpha value is -3.97. The lowest BCUT2D eigenvalue weighted by atomic mass is 9.95. The molecular formula is C32H30ClF4N7O3S. The van der Waals surface area contributed by atoms with E-state index in [4.69, 9.17) is 32.0 Å². The van der Waals surface area contributed by atoms with E-state index in [1.54, 1.807) is 0 Å². The van der Waals surface area contributed by atoms with Gasteiger partial charge in [-0.1, -0.05) is 17.7 Å². The highest BCUT2D eigenvalue weighted by atomic mass is 35.5. The van der Waals surface area contributed by atoms with Gasteiger partial charge in [0.15, 0.2) is 11.6 Å². The number of nitrogen functional groups attached to an aromatic ring is 1. The zero-order valence-electron chi connectivity index (χ0n) is 25.4. The van der Waals surface area contributed by atoms with Crippen LogP contribution in [0.1, 0.15) is 37.7 Å². The van der Waals surface area contributed by atoms with Crippen molar-refractivity contribution in [3.8, 4) is 23.2 Å². The molecule has 2 bridgehead atoms. The molecule has 4 atom stereocenters. The summed E-state index contributed by atoms with van der Waals surface area (Å²) in [4.78, 5) is 21.5. The number of nitrogens with two attached hydrogens (primary N) is 1. The third kappa shape index (κ3) is 5.26. The summed E-state index contributed by atoms with van der Waals surface area (Å²) in [6.07, 6.45) is 2.97. The maximum Gasteiger partial charge on any atom is 0.319 e. The number of alkyl halides is 1. The molecular weight excluding hydrogens is 674 g/mol. The van der Waals surface area contributed by atoms with Crippen molar-refractivity contribution in [2.45, 2.75) is 55.9 Å². The Labute approximate surface area is 281 Å². The summed E-state index contributed by atoms with van der Waals surface area (Å²) in [5.41, 5.74) is 4.53. The molecule has 4 saturated heterocycles. The molecule has 0 spiro atoms. The fourth-order valence-electron chi connectivity index (χ4n) is 7.88. The second-order valence-electron chi connectivity index (χ2n) is 12.6. The summed E-state index contributed by atoms with van der Waals surface area (Å²) in [5.74, 6) is -2.55. The van der Waals surface area contributed by atoms with Gasteiger partial charge in [-0.2, -0.15) is 15.2 Å². The van der Waals surface area contributed by atoms with Crippen LogP contribution in [0, 0.1) is 28.8 Å². The lowest BCUT2D eigenvalue weighted by Crippen LogP contribution is -2.51. The smallest absolute Gasteiger partial charge is 0.319 e. The van der Waals surface area contributed by atoms with Gasteiger partial charge in [-0.25, -0.2) is 17.6 Å². The van der Waals surface area contributed by atoms with Crippen LogP contribution in [0.4, 0.5) is 28.4 Å². The lowest BCUT2D eigenvalue weighted by molar-refractivity contribution is -0.122. The average Bonchev–Trinajstić information content (AvgIpc) is 3.80. The summed E-state index contributed by atoms with van der Waals surface area (Å²) >= 11 is 7.56. The Balaban J connectivity index is 0.00000117. The Morgan fingerprint density at radius 3 is 2.62 bits per heavy atom. The number of rotatable bonds is 5. The summed E-state index contributed by atoms with van der Waals surface area (Å²) in [5, 5.41) is 19.9. The van der Waals surface area contributed by atoms with Crippen LogP contribution in [0.25, 0.3) is 32.1 Å². The lowest BCUT2D eigenvalue weighted by Gasteiger charge is -2.35. The Bertz CT molecular complexity index is 1980. The predicted molar refractivity (Wildman–Crippen MR) is 174 cm³/mol. The summed E-state index contributed by atoms with van der Waals surface area (Å²) in [7, 11) is 0. The predicted octanol–water partition coefficient (Wildman–Crippen LogP) is 5.63. The highest BCUT2D eigenvalue weighted by molar-refractivity contribution is 7.23. The fraction of sp³-hybridized carbons (Fsp3) is 0.438. The van der Waals surface area contributed by atoms with E-state index in [9.17, 15) is 14.0 Å². The third-order valence-electron chi connectivity index (χ3n) is 9.87. The van der Waals surface area contributed by atoms with Gasteiger partial charge in [0.1, 0.15) is 41.0 Å². The Morgan fingerprint density at radius 2 is 1.92 bits per heavy atom. The van der Waals surface area contributed by atoms with Crippen LogP contribution in [0.5, 0.6) is 6.01 Å². The topological polar surface area (TPSA) is 141 Å². The maximum absolute atomic E-state index is 16.8. The zero-order valence-corrected chi connectivity index (χ0v) is 27.0. The molecule has 4 aliphatic heterocycles. The molecule has 252 valence electrons. The van der Waals surface area contributed by atoms with Crippen molar-refractivity contribution in [2.75, 3.05) is 43.4 Å². The van der Waals surface area contributed by atoms with Crippen molar-refractivity contribution in [1.29, 1.82) is 5.26 Å². The Morgan fingerprint density at radius 1 is 1.19 bits per heavy atom. The molecule has 4 aromatic rings. The SMILES string of the molecule is N#Cc1c(N)sc2c(F)ccc(-c3c(F)c(Cl)c4c(N5CC6CCC(C5)N6)nc(OC[C@@]56CCCN5C[C@H](F)C6)nc4c3F)c12.O=CO. The number of nitrogens with zero attached hydrogens (tertiary/aromatic N) is 5. The van der Waals surface area contributed by atoms with E-state index in [1.807, 2.05) is 11.0 Å². The van der Waals surface area contributed by atoms with Crippen molar-refractivity contribution in [3.05, 3.63) is 40.2 Å². The van der Waals surface area contributed by atoms with Crippen LogP contribution < -0.4 is 20.7 Å². The van der Waals surface area contributed by atoms with Gasteiger partial charge in [-0.05, 0) is 43.9 Å². The number of nitriles is 1. The molecule has 2 unspecified atom stereocenters. The van der Waals surface area contributed by atoms with Gasteiger partial charge in [0, 0.05) is 43.5 Å². The molecule has 10 nitrogen and oxygen atoms in total. The van der Waals surface area contributed by atoms with Gasteiger partial charge in [0.25, 0.3) is 6.47 Å². The quantitative estimate of drug-likeness (QED) is 0.136. The first-order valence-corrected chi connectivity index (χ1v) is 16.7. The van der Waals surface area contributed by atoms with Crippen LogP contribution in [-0.4, -0.2) is 83.0 Å². The number of ether oxygens (including phenoxy) is 1. The van der Waals surface area contributed by atoms with Gasteiger partial charge in [0.05, 0.1) is 31.8 Å². The van der Waals surface area contributed by atoms with Crippen molar-refractivity contribution >= 4 is 61.2 Å². The molecule has 4 fully saturated rings. The second kappa shape index (κ2) is 12.5. The minimum Gasteiger partial charge on any atom is -0.483 e. The normalized spacial score (nSPS) is 24.8. The number of piperazine rings is 1. The molecule has 8 rings (SSSR count). The first kappa shape index (κ1) is 32.6. The van der Waals surface area contributed by atoms with E-state index in [2.05, 4.69) is 20.2 Å². The van der Waals surface area contributed by atoms with E-state index >= 15 is 8.78 Å². The average molecular weight is 704 g/mol. The van der Waals surface area contributed by atoms with Gasteiger partial charge in [0.2, 0.25) is 0 Å².